The monoisotopic (exact) mass is 149 g/mol. The summed E-state index contributed by atoms with van der Waals surface area (Å²) in [6, 6.07) is 0. The van der Waals surface area contributed by atoms with Gasteiger partial charge in [0.2, 0.25) is 0 Å². The maximum atomic E-state index is 4.66. The fraction of sp³-hybridized carbons (Fsp3) is 1.00. The van der Waals surface area contributed by atoms with E-state index in [0.717, 1.165) is 6.54 Å². The summed E-state index contributed by atoms with van der Waals surface area (Å²) in [7, 11) is 1.65. The van der Waals surface area contributed by atoms with Gasteiger partial charge >= 0.3 is 0 Å². The van der Waals surface area contributed by atoms with Gasteiger partial charge in [-0.15, -0.1) is 0 Å². The van der Waals surface area contributed by atoms with E-state index in [1.807, 2.05) is 11.8 Å². The molecule has 9 heavy (non-hydrogen) atoms. The van der Waals surface area contributed by atoms with E-state index in [4.69, 9.17) is 0 Å². The van der Waals surface area contributed by atoms with Crippen LogP contribution in [0.3, 0.4) is 0 Å². The molecular weight excluding hydrogens is 134 g/mol. The Labute approximate surface area is 61.3 Å². The summed E-state index contributed by atoms with van der Waals surface area (Å²) < 4.78 is 0. The summed E-state index contributed by atoms with van der Waals surface area (Å²) >= 11 is 1.96. The molecule has 0 aromatic heterocycles. The molecule has 3 heteroatoms. The maximum absolute atomic E-state index is 4.66. The van der Waals surface area contributed by atoms with Gasteiger partial charge in [0.15, 0.2) is 0 Å². The van der Waals surface area contributed by atoms with Crippen LogP contribution in [0, 0.1) is 0 Å². The number of hydrogen-bond donors (Lipinski definition) is 1. The highest BCUT2D eigenvalue weighted by atomic mass is 32.2. The zero-order valence-corrected chi connectivity index (χ0v) is 6.96. The molecule has 0 saturated carbocycles. The molecule has 0 aromatic rings. The lowest BCUT2D eigenvalue weighted by Gasteiger charge is -1.99. The number of hydrogen-bond acceptors (Lipinski definition) is 3. The highest BCUT2D eigenvalue weighted by Gasteiger charge is 1.84. The highest BCUT2D eigenvalue weighted by Crippen LogP contribution is 1.98. The molecule has 0 aromatic carbocycles. The van der Waals surface area contributed by atoms with Crippen LogP contribution in [0.2, 0.25) is 0 Å². The second-order valence-electron chi connectivity index (χ2n) is 1.65. The average Bonchev–Trinajstić information content (AvgIpc) is 1.89. The third-order valence-corrected chi connectivity index (χ3v) is 1.90. The van der Waals surface area contributed by atoms with E-state index in [0.29, 0.717) is 0 Å². The first-order chi connectivity index (χ1) is 4.41. The van der Waals surface area contributed by atoms with Crippen molar-refractivity contribution < 1.29 is 4.84 Å². The van der Waals surface area contributed by atoms with Crippen LogP contribution in [-0.2, 0) is 4.84 Å². The first-order valence-electron chi connectivity index (χ1n) is 3.25. The normalized spacial score (nSPS) is 10.0. The molecule has 0 unspecified atom stereocenters. The Bertz CT molecular complexity index is 46.3. The largest absolute Gasteiger partial charge is 0.305 e. The third kappa shape index (κ3) is 8.27. The zero-order chi connectivity index (χ0) is 6.95. The summed E-state index contributed by atoms with van der Waals surface area (Å²) in [4.78, 5) is 4.66. The van der Waals surface area contributed by atoms with Gasteiger partial charge in [0.25, 0.3) is 0 Å². The molecule has 0 saturated heterocycles. The van der Waals surface area contributed by atoms with E-state index in [2.05, 4.69) is 17.2 Å². The van der Waals surface area contributed by atoms with E-state index < -0.39 is 0 Å². The minimum Gasteiger partial charge on any atom is -0.305 e. The van der Waals surface area contributed by atoms with Gasteiger partial charge in [0, 0.05) is 6.54 Å². The van der Waals surface area contributed by atoms with Gasteiger partial charge in [-0.3, -0.25) is 0 Å². The maximum Gasteiger partial charge on any atom is 0.0572 e. The van der Waals surface area contributed by atoms with Gasteiger partial charge < -0.3 is 4.84 Å². The van der Waals surface area contributed by atoms with Crippen molar-refractivity contribution >= 4 is 11.8 Å². The lowest BCUT2D eigenvalue weighted by Crippen LogP contribution is -2.13. The summed E-state index contributed by atoms with van der Waals surface area (Å²) in [6.45, 7) is 3.14. The molecule has 0 rings (SSSR count). The van der Waals surface area contributed by atoms with Crippen molar-refractivity contribution in [3.05, 3.63) is 0 Å². The van der Waals surface area contributed by atoms with E-state index in [1.165, 1.54) is 17.9 Å². The number of thioether (sulfide) groups is 1. The summed E-state index contributed by atoms with van der Waals surface area (Å²) in [5, 5.41) is 0. The Morgan fingerprint density at radius 3 is 2.89 bits per heavy atom. The molecule has 2 nitrogen and oxygen atoms in total. The van der Waals surface area contributed by atoms with Gasteiger partial charge in [-0.1, -0.05) is 6.92 Å². The standard InChI is InChI=1S/C6H15NOS/c1-3-9-6-4-5-7-8-2/h7H,3-6H2,1-2H3. The number of rotatable bonds is 6. The minimum absolute atomic E-state index is 0.962. The molecule has 0 heterocycles. The van der Waals surface area contributed by atoms with Crippen LogP contribution in [0.5, 0.6) is 0 Å². The molecular formula is C6H15NOS. The van der Waals surface area contributed by atoms with Crippen LogP contribution in [0.1, 0.15) is 13.3 Å². The van der Waals surface area contributed by atoms with E-state index in [9.17, 15) is 0 Å². The van der Waals surface area contributed by atoms with E-state index in [-0.39, 0.29) is 0 Å². The Morgan fingerprint density at radius 2 is 2.33 bits per heavy atom. The zero-order valence-electron chi connectivity index (χ0n) is 6.14. The number of nitrogens with one attached hydrogen (secondary N) is 1. The van der Waals surface area contributed by atoms with Crippen molar-refractivity contribution in [2.75, 3.05) is 25.2 Å². The molecule has 0 aliphatic carbocycles. The van der Waals surface area contributed by atoms with Crippen LogP contribution in [0.15, 0.2) is 0 Å². The SMILES string of the molecule is CCSCCCNOC. The summed E-state index contributed by atoms with van der Waals surface area (Å²) in [5.41, 5.74) is 2.79. The Morgan fingerprint density at radius 1 is 1.56 bits per heavy atom. The predicted octanol–water partition coefficient (Wildman–Crippen LogP) is 1.28. The highest BCUT2D eigenvalue weighted by molar-refractivity contribution is 7.99. The fourth-order valence-electron chi connectivity index (χ4n) is 0.493. The first kappa shape index (κ1) is 9.27. The second kappa shape index (κ2) is 8.27. The first-order valence-corrected chi connectivity index (χ1v) is 4.41. The topological polar surface area (TPSA) is 21.3 Å². The number of hydroxylamine groups is 1. The van der Waals surface area contributed by atoms with E-state index in [1.54, 1.807) is 7.11 Å². The molecule has 0 amide bonds. The Hall–Kier alpha value is 0.270. The van der Waals surface area contributed by atoms with Gasteiger partial charge in [0.05, 0.1) is 7.11 Å². The minimum atomic E-state index is 0.962. The van der Waals surface area contributed by atoms with Crippen LogP contribution in [0.25, 0.3) is 0 Å². The molecule has 0 fully saturated rings. The molecule has 0 radical (unpaired) electrons. The Kier molecular flexibility index (Phi) is 8.52. The van der Waals surface area contributed by atoms with Crippen molar-refractivity contribution in [2.24, 2.45) is 0 Å². The van der Waals surface area contributed by atoms with Crippen LogP contribution in [-0.4, -0.2) is 25.2 Å². The van der Waals surface area contributed by atoms with Crippen molar-refractivity contribution in [2.45, 2.75) is 13.3 Å². The predicted molar refractivity (Wildman–Crippen MR) is 42.6 cm³/mol. The quantitative estimate of drug-likeness (QED) is 0.454. The van der Waals surface area contributed by atoms with Crippen molar-refractivity contribution in [3.63, 3.8) is 0 Å². The van der Waals surface area contributed by atoms with Crippen LogP contribution >= 0.6 is 11.8 Å². The van der Waals surface area contributed by atoms with Crippen molar-refractivity contribution in [1.29, 1.82) is 0 Å². The molecule has 1 N–H and O–H groups in total. The summed E-state index contributed by atoms with van der Waals surface area (Å²) in [6.07, 6.45) is 1.19. The van der Waals surface area contributed by atoms with Crippen molar-refractivity contribution in [1.82, 2.24) is 5.48 Å². The van der Waals surface area contributed by atoms with Crippen LogP contribution < -0.4 is 5.48 Å². The van der Waals surface area contributed by atoms with Gasteiger partial charge in [-0.2, -0.15) is 11.8 Å². The smallest absolute Gasteiger partial charge is 0.0572 e. The van der Waals surface area contributed by atoms with Crippen molar-refractivity contribution in [3.8, 4) is 0 Å². The fourth-order valence-corrected chi connectivity index (χ4v) is 1.13. The average molecular weight is 149 g/mol. The molecule has 0 atom stereocenters. The lowest BCUT2D eigenvalue weighted by molar-refractivity contribution is 0.0922. The molecule has 0 aliphatic heterocycles. The van der Waals surface area contributed by atoms with Gasteiger partial charge in [0.1, 0.15) is 0 Å². The van der Waals surface area contributed by atoms with Crippen LogP contribution in [0.4, 0.5) is 0 Å². The molecule has 0 spiro atoms. The lowest BCUT2D eigenvalue weighted by atomic mass is 10.5. The summed E-state index contributed by atoms with van der Waals surface area (Å²) in [5.74, 6) is 2.44. The molecule has 0 aliphatic rings. The molecule has 0 bridgehead atoms. The second-order valence-corrected chi connectivity index (χ2v) is 3.04. The third-order valence-electron chi connectivity index (χ3n) is 0.916. The van der Waals surface area contributed by atoms with E-state index >= 15 is 0 Å². The van der Waals surface area contributed by atoms with Gasteiger partial charge in [-0.25, -0.2) is 5.48 Å². The Balaban J connectivity index is 2.60. The molecule has 56 valence electrons. The van der Waals surface area contributed by atoms with Gasteiger partial charge in [-0.05, 0) is 17.9 Å².